The first kappa shape index (κ1) is 14.4. The second-order valence-corrected chi connectivity index (χ2v) is 7.83. The highest BCUT2D eigenvalue weighted by Gasteiger charge is 2.23. The molecule has 1 aromatic heterocycles. The third-order valence-corrected chi connectivity index (χ3v) is 6.44. The number of nitrogens with zero attached hydrogens (tertiary/aromatic N) is 1. The van der Waals surface area contributed by atoms with Crippen LogP contribution in [0.4, 0.5) is 0 Å². The highest BCUT2D eigenvalue weighted by Crippen LogP contribution is 2.30. The van der Waals surface area contributed by atoms with Gasteiger partial charge >= 0.3 is 0 Å². The van der Waals surface area contributed by atoms with E-state index in [0.29, 0.717) is 12.1 Å². The Morgan fingerprint density at radius 2 is 2.20 bits per heavy atom. The van der Waals surface area contributed by atoms with E-state index in [1.807, 2.05) is 23.1 Å². The molecule has 1 aliphatic rings. The average Bonchev–Trinajstić information content (AvgIpc) is 2.91. The largest absolute Gasteiger partial charge is 0.305 e. The minimum absolute atomic E-state index is 0.359. The normalized spacial score (nSPS) is 24.9. The van der Waals surface area contributed by atoms with Crippen LogP contribution in [-0.4, -0.2) is 22.5 Å². The second-order valence-electron chi connectivity index (χ2n) is 5.63. The van der Waals surface area contributed by atoms with Gasteiger partial charge in [-0.25, -0.2) is 4.98 Å². The molecule has 0 spiro atoms. The van der Waals surface area contributed by atoms with Gasteiger partial charge in [0.25, 0.3) is 0 Å². The van der Waals surface area contributed by atoms with Crippen molar-refractivity contribution in [3.8, 4) is 0 Å². The summed E-state index contributed by atoms with van der Waals surface area (Å²) in [6.07, 6.45) is 7.59. The van der Waals surface area contributed by atoms with E-state index in [1.54, 1.807) is 0 Å². The van der Waals surface area contributed by atoms with Crippen LogP contribution in [-0.2, 0) is 0 Å². The summed E-state index contributed by atoms with van der Waals surface area (Å²) < 4.78 is 1.29. The van der Waals surface area contributed by atoms with Crippen molar-refractivity contribution < 1.29 is 0 Å². The lowest BCUT2D eigenvalue weighted by molar-refractivity contribution is 0.353. The molecule has 1 saturated carbocycles. The van der Waals surface area contributed by atoms with Crippen molar-refractivity contribution in [2.45, 2.75) is 49.9 Å². The fraction of sp³-hybridized carbons (Fsp3) is 0.562. The number of aromatic nitrogens is 1. The van der Waals surface area contributed by atoms with E-state index in [4.69, 9.17) is 4.98 Å². The summed E-state index contributed by atoms with van der Waals surface area (Å²) in [6.45, 7) is 2.25. The lowest BCUT2D eigenvalue weighted by Crippen LogP contribution is -2.36. The molecule has 1 aliphatic carbocycles. The van der Waals surface area contributed by atoms with E-state index in [9.17, 15) is 0 Å². The molecule has 3 rings (SSSR count). The van der Waals surface area contributed by atoms with Crippen molar-refractivity contribution in [1.82, 2.24) is 10.3 Å². The molecule has 0 saturated heterocycles. The molecule has 3 unspecified atom stereocenters. The van der Waals surface area contributed by atoms with Crippen LogP contribution in [0.5, 0.6) is 0 Å². The van der Waals surface area contributed by atoms with Crippen LogP contribution >= 0.6 is 23.1 Å². The molecule has 0 aliphatic heterocycles. The molecule has 2 nitrogen and oxygen atoms in total. The lowest BCUT2D eigenvalue weighted by atomic mass is 9.94. The molecule has 2 aromatic rings. The maximum absolute atomic E-state index is 4.77. The first-order valence-electron chi connectivity index (χ1n) is 7.40. The summed E-state index contributed by atoms with van der Waals surface area (Å²) in [5.41, 5.74) is 1.13. The Hall–Kier alpha value is -0.580. The third-order valence-electron chi connectivity index (χ3n) is 4.13. The SMILES string of the molecule is CSC1CCCC(NC(C)c2nc3ccccc3s2)C1. The zero-order valence-corrected chi connectivity index (χ0v) is 13.8. The minimum atomic E-state index is 0.359. The van der Waals surface area contributed by atoms with Crippen LogP contribution in [0, 0.1) is 0 Å². The van der Waals surface area contributed by atoms with E-state index in [2.05, 4.69) is 42.8 Å². The molecule has 1 N–H and O–H groups in total. The van der Waals surface area contributed by atoms with Crippen LogP contribution < -0.4 is 5.32 Å². The van der Waals surface area contributed by atoms with Crippen LogP contribution in [0.3, 0.4) is 0 Å². The molecule has 0 amide bonds. The Morgan fingerprint density at radius 1 is 1.35 bits per heavy atom. The molecule has 20 heavy (non-hydrogen) atoms. The Balaban J connectivity index is 1.67. The fourth-order valence-corrected chi connectivity index (χ4v) is 4.82. The number of para-hydroxylation sites is 1. The van der Waals surface area contributed by atoms with Crippen molar-refractivity contribution in [1.29, 1.82) is 0 Å². The van der Waals surface area contributed by atoms with E-state index < -0.39 is 0 Å². The molecule has 4 heteroatoms. The highest BCUT2D eigenvalue weighted by atomic mass is 32.2. The molecule has 1 aromatic carbocycles. The first-order valence-corrected chi connectivity index (χ1v) is 9.51. The quantitative estimate of drug-likeness (QED) is 0.892. The number of thioether (sulfide) groups is 1. The number of benzene rings is 1. The zero-order valence-electron chi connectivity index (χ0n) is 12.1. The van der Waals surface area contributed by atoms with Gasteiger partial charge in [0.1, 0.15) is 5.01 Å². The van der Waals surface area contributed by atoms with Crippen molar-refractivity contribution in [3.05, 3.63) is 29.3 Å². The van der Waals surface area contributed by atoms with Crippen molar-refractivity contribution >= 4 is 33.3 Å². The molecule has 1 fully saturated rings. The van der Waals surface area contributed by atoms with Gasteiger partial charge < -0.3 is 5.32 Å². The van der Waals surface area contributed by atoms with Crippen LogP contribution in [0.1, 0.15) is 43.7 Å². The summed E-state index contributed by atoms with van der Waals surface area (Å²) in [6, 6.07) is 9.43. The van der Waals surface area contributed by atoms with Gasteiger partial charge in [-0.2, -0.15) is 11.8 Å². The van der Waals surface area contributed by atoms with E-state index in [1.165, 1.54) is 35.4 Å². The Bertz CT molecular complexity index is 533. The van der Waals surface area contributed by atoms with Crippen LogP contribution in [0.2, 0.25) is 0 Å². The number of rotatable bonds is 4. The number of fused-ring (bicyclic) bond motifs is 1. The smallest absolute Gasteiger partial charge is 0.111 e. The van der Waals surface area contributed by atoms with Gasteiger partial charge in [-0.3, -0.25) is 0 Å². The average molecular weight is 307 g/mol. The molecule has 108 valence electrons. The van der Waals surface area contributed by atoms with E-state index in [0.717, 1.165) is 10.8 Å². The van der Waals surface area contributed by atoms with Crippen LogP contribution in [0.15, 0.2) is 24.3 Å². The Labute approximate surface area is 129 Å². The number of thiazole rings is 1. The lowest BCUT2D eigenvalue weighted by Gasteiger charge is -2.30. The van der Waals surface area contributed by atoms with E-state index >= 15 is 0 Å². The van der Waals surface area contributed by atoms with Gasteiger partial charge in [-0.1, -0.05) is 18.6 Å². The third kappa shape index (κ3) is 3.18. The number of nitrogens with one attached hydrogen (secondary N) is 1. The second kappa shape index (κ2) is 6.46. The van der Waals surface area contributed by atoms with Gasteiger partial charge in [0, 0.05) is 11.3 Å². The van der Waals surface area contributed by atoms with Crippen LogP contribution in [0.25, 0.3) is 10.2 Å². The zero-order chi connectivity index (χ0) is 13.9. The fourth-order valence-electron chi connectivity index (χ4n) is 3.01. The standard InChI is InChI=1S/C16H22N2S2/c1-11(17-12-6-5-7-13(10-12)19-2)16-18-14-8-3-4-9-15(14)20-16/h3-4,8-9,11-13,17H,5-7,10H2,1-2H3. The maximum Gasteiger partial charge on any atom is 0.111 e. The predicted octanol–water partition coefficient (Wildman–Crippen LogP) is 4.62. The minimum Gasteiger partial charge on any atom is -0.305 e. The molecule has 0 radical (unpaired) electrons. The number of hydrogen-bond acceptors (Lipinski definition) is 4. The summed E-state index contributed by atoms with van der Waals surface area (Å²) in [7, 11) is 0. The summed E-state index contributed by atoms with van der Waals surface area (Å²) in [5.74, 6) is 0. The topological polar surface area (TPSA) is 24.9 Å². The highest BCUT2D eigenvalue weighted by molar-refractivity contribution is 7.99. The van der Waals surface area contributed by atoms with Crippen molar-refractivity contribution in [3.63, 3.8) is 0 Å². The van der Waals surface area contributed by atoms with Gasteiger partial charge in [0.15, 0.2) is 0 Å². The molecular weight excluding hydrogens is 284 g/mol. The predicted molar refractivity (Wildman–Crippen MR) is 90.7 cm³/mol. The van der Waals surface area contributed by atoms with Gasteiger partial charge in [0.2, 0.25) is 0 Å². The van der Waals surface area contributed by atoms with Gasteiger partial charge in [0.05, 0.1) is 16.3 Å². The van der Waals surface area contributed by atoms with E-state index in [-0.39, 0.29) is 0 Å². The monoisotopic (exact) mass is 306 g/mol. The Kier molecular flexibility index (Phi) is 4.64. The summed E-state index contributed by atoms with van der Waals surface area (Å²) in [4.78, 5) is 4.77. The summed E-state index contributed by atoms with van der Waals surface area (Å²) >= 11 is 3.84. The molecule has 0 bridgehead atoms. The number of hydrogen-bond donors (Lipinski definition) is 1. The molecule has 3 atom stereocenters. The maximum atomic E-state index is 4.77. The van der Waals surface area contributed by atoms with Crippen molar-refractivity contribution in [2.24, 2.45) is 0 Å². The molecular formula is C16H22N2S2. The van der Waals surface area contributed by atoms with Crippen molar-refractivity contribution in [2.75, 3.05) is 6.26 Å². The Morgan fingerprint density at radius 3 is 3.00 bits per heavy atom. The van der Waals surface area contributed by atoms with Gasteiger partial charge in [-0.05, 0) is 44.6 Å². The molecule has 1 heterocycles. The van der Waals surface area contributed by atoms with Gasteiger partial charge in [-0.15, -0.1) is 11.3 Å². The first-order chi connectivity index (χ1) is 9.76. The summed E-state index contributed by atoms with van der Waals surface area (Å²) in [5, 5.41) is 5.85.